The van der Waals surface area contributed by atoms with Crippen molar-refractivity contribution in [1.82, 2.24) is 4.90 Å². The van der Waals surface area contributed by atoms with Crippen molar-refractivity contribution in [1.29, 1.82) is 0 Å². The van der Waals surface area contributed by atoms with Crippen LogP contribution < -0.4 is 0 Å². The number of para-hydroxylation sites is 1. The van der Waals surface area contributed by atoms with Gasteiger partial charge in [-0.25, -0.2) is 0 Å². The fourth-order valence-electron chi connectivity index (χ4n) is 1.84. The van der Waals surface area contributed by atoms with Gasteiger partial charge in [-0.2, -0.15) is 0 Å². The molecule has 0 N–H and O–H groups in total. The Balaban J connectivity index is 2.40. The fraction of sp³-hybridized carbons (Fsp3) is 0.308. The van der Waals surface area contributed by atoms with E-state index in [1.165, 1.54) is 0 Å². The smallest absolute Gasteiger partial charge is 0.134 e. The fourth-order valence-corrected chi connectivity index (χ4v) is 1.84. The first-order valence-electron chi connectivity index (χ1n) is 5.31. The molecule has 0 bridgehead atoms. The second-order valence-corrected chi connectivity index (χ2v) is 4.07. The van der Waals surface area contributed by atoms with Crippen LogP contribution in [0.4, 0.5) is 0 Å². The monoisotopic (exact) mass is 217 g/mol. The number of carbonyl (C=O) groups is 1. The maximum absolute atomic E-state index is 10.6. The van der Waals surface area contributed by atoms with Crippen LogP contribution in [0.1, 0.15) is 18.2 Å². The van der Waals surface area contributed by atoms with Gasteiger partial charge in [0.15, 0.2) is 0 Å². The molecular formula is C13H15NO2. The normalized spacial score (nSPS) is 13.2. The molecule has 0 amide bonds. The van der Waals surface area contributed by atoms with Crippen LogP contribution in [0.15, 0.2) is 34.7 Å². The lowest BCUT2D eigenvalue weighted by molar-refractivity contribution is -0.108. The molecule has 0 fully saturated rings. The minimum Gasteiger partial charge on any atom is -0.459 e. The van der Waals surface area contributed by atoms with E-state index in [1.54, 1.807) is 0 Å². The summed E-state index contributed by atoms with van der Waals surface area (Å²) < 4.78 is 5.74. The molecule has 3 heteroatoms. The predicted molar refractivity (Wildman–Crippen MR) is 63.3 cm³/mol. The number of fused-ring (bicyclic) bond motifs is 1. The molecule has 1 atom stereocenters. The molecule has 0 aliphatic carbocycles. The van der Waals surface area contributed by atoms with Gasteiger partial charge in [0.1, 0.15) is 17.6 Å². The summed E-state index contributed by atoms with van der Waals surface area (Å²) >= 11 is 0. The second-order valence-electron chi connectivity index (χ2n) is 4.07. The van der Waals surface area contributed by atoms with E-state index in [4.69, 9.17) is 4.42 Å². The number of rotatable bonds is 4. The minimum atomic E-state index is 0.0184. The molecule has 1 aromatic heterocycles. The van der Waals surface area contributed by atoms with Crippen LogP contribution in [-0.2, 0) is 4.79 Å². The molecule has 2 aromatic rings. The maximum Gasteiger partial charge on any atom is 0.134 e. The number of aldehydes is 1. The molecule has 0 saturated carbocycles. The lowest BCUT2D eigenvalue weighted by Gasteiger charge is -2.19. The Hall–Kier alpha value is -1.61. The highest BCUT2D eigenvalue weighted by Gasteiger charge is 2.17. The molecule has 0 saturated heterocycles. The summed E-state index contributed by atoms with van der Waals surface area (Å²) in [5.74, 6) is 0.846. The number of hydrogen-bond donors (Lipinski definition) is 0. The quantitative estimate of drug-likeness (QED) is 0.738. The zero-order valence-electron chi connectivity index (χ0n) is 9.51. The van der Waals surface area contributed by atoms with Crippen LogP contribution in [0.3, 0.4) is 0 Å². The van der Waals surface area contributed by atoms with Crippen molar-refractivity contribution in [2.24, 2.45) is 0 Å². The van der Waals surface area contributed by atoms with Gasteiger partial charge in [-0.3, -0.25) is 4.90 Å². The highest BCUT2D eigenvalue weighted by atomic mass is 16.3. The van der Waals surface area contributed by atoms with E-state index >= 15 is 0 Å². The standard InChI is InChI=1S/C13H15NO2/c1-14(2)11(7-8-15)13-9-10-5-3-4-6-12(10)16-13/h3-6,8-9,11H,7H2,1-2H3. The largest absolute Gasteiger partial charge is 0.459 e. The summed E-state index contributed by atoms with van der Waals surface area (Å²) in [5, 5.41) is 1.08. The van der Waals surface area contributed by atoms with Crippen molar-refractivity contribution in [3.63, 3.8) is 0 Å². The number of hydrogen-bond acceptors (Lipinski definition) is 3. The van der Waals surface area contributed by atoms with Crippen molar-refractivity contribution in [2.45, 2.75) is 12.5 Å². The Labute approximate surface area is 94.7 Å². The van der Waals surface area contributed by atoms with Crippen LogP contribution in [0.2, 0.25) is 0 Å². The maximum atomic E-state index is 10.6. The van der Waals surface area contributed by atoms with Gasteiger partial charge in [0.25, 0.3) is 0 Å². The first-order valence-corrected chi connectivity index (χ1v) is 5.31. The molecule has 0 radical (unpaired) electrons. The first kappa shape index (κ1) is 10.9. The molecule has 0 spiro atoms. The van der Waals surface area contributed by atoms with Crippen LogP contribution in [0, 0.1) is 0 Å². The molecule has 2 rings (SSSR count). The summed E-state index contributed by atoms with van der Waals surface area (Å²) in [7, 11) is 3.89. The first-order chi connectivity index (χ1) is 7.72. The number of furan rings is 1. The lowest BCUT2D eigenvalue weighted by Crippen LogP contribution is -2.19. The Morgan fingerprint density at radius 3 is 2.75 bits per heavy atom. The Bertz CT molecular complexity index is 454. The highest BCUT2D eigenvalue weighted by Crippen LogP contribution is 2.27. The van der Waals surface area contributed by atoms with Gasteiger partial charge < -0.3 is 9.21 Å². The second kappa shape index (κ2) is 4.49. The van der Waals surface area contributed by atoms with Crippen molar-refractivity contribution >= 4 is 17.3 Å². The van der Waals surface area contributed by atoms with Crippen molar-refractivity contribution in [2.75, 3.05) is 14.1 Å². The van der Waals surface area contributed by atoms with E-state index in [1.807, 2.05) is 49.3 Å². The van der Waals surface area contributed by atoms with Crippen LogP contribution in [0.25, 0.3) is 11.0 Å². The summed E-state index contributed by atoms with van der Waals surface area (Å²) in [6.45, 7) is 0. The van der Waals surface area contributed by atoms with Gasteiger partial charge in [0.2, 0.25) is 0 Å². The van der Waals surface area contributed by atoms with E-state index in [9.17, 15) is 4.79 Å². The number of carbonyl (C=O) groups excluding carboxylic acids is 1. The molecular weight excluding hydrogens is 202 g/mol. The van der Waals surface area contributed by atoms with E-state index in [0.29, 0.717) is 6.42 Å². The van der Waals surface area contributed by atoms with E-state index in [0.717, 1.165) is 23.0 Å². The average Bonchev–Trinajstić information content (AvgIpc) is 2.68. The molecule has 0 aliphatic rings. The molecule has 1 heterocycles. The van der Waals surface area contributed by atoms with Crippen molar-refractivity contribution in [3.05, 3.63) is 36.1 Å². The third-order valence-electron chi connectivity index (χ3n) is 2.72. The van der Waals surface area contributed by atoms with Gasteiger partial charge >= 0.3 is 0 Å². The molecule has 1 aromatic carbocycles. The zero-order valence-corrected chi connectivity index (χ0v) is 9.51. The summed E-state index contributed by atoms with van der Waals surface area (Å²) in [6.07, 6.45) is 1.38. The molecule has 1 unspecified atom stereocenters. The Morgan fingerprint density at radius 2 is 2.12 bits per heavy atom. The Kier molecular flexibility index (Phi) is 3.06. The SMILES string of the molecule is CN(C)C(CC=O)c1cc2ccccc2o1. The average molecular weight is 217 g/mol. The van der Waals surface area contributed by atoms with Crippen LogP contribution >= 0.6 is 0 Å². The third kappa shape index (κ3) is 1.99. The Morgan fingerprint density at radius 1 is 1.38 bits per heavy atom. The number of nitrogens with zero attached hydrogens (tertiary/aromatic N) is 1. The molecule has 3 nitrogen and oxygen atoms in total. The van der Waals surface area contributed by atoms with Gasteiger partial charge in [0.05, 0.1) is 6.04 Å². The third-order valence-corrected chi connectivity index (χ3v) is 2.72. The number of benzene rings is 1. The van der Waals surface area contributed by atoms with E-state index in [-0.39, 0.29) is 6.04 Å². The molecule has 16 heavy (non-hydrogen) atoms. The van der Waals surface area contributed by atoms with Crippen LogP contribution in [-0.4, -0.2) is 25.3 Å². The lowest BCUT2D eigenvalue weighted by atomic mass is 10.1. The summed E-state index contributed by atoms with van der Waals surface area (Å²) in [5.41, 5.74) is 0.871. The zero-order chi connectivity index (χ0) is 11.5. The van der Waals surface area contributed by atoms with E-state index < -0.39 is 0 Å². The highest BCUT2D eigenvalue weighted by molar-refractivity contribution is 5.77. The minimum absolute atomic E-state index is 0.0184. The van der Waals surface area contributed by atoms with Gasteiger partial charge in [-0.05, 0) is 26.2 Å². The summed E-state index contributed by atoms with van der Waals surface area (Å²) in [6, 6.07) is 9.89. The molecule has 84 valence electrons. The molecule has 0 aliphatic heterocycles. The van der Waals surface area contributed by atoms with Gasteiger partial charge in [-0.1, -0.05) is 18.2 Å². The van der Waals surface area contributed by atoms with Crippen molar-refractivity contribution in [3.8, 4) is 0 Å². The van der Waals surface area contributed by atoms with Gasteiger partial charge in [0, 0.05) is 11.8 Å². The van der Waals surface area contributed by atoms with E-state index in [2.05, 4.69) is 0 Å². The van der Waals surface area contributed by atoms with Crippen LogP contribution in [0.5, 0.6) is 0 Å². The van der Waals surface area contributed by atoms with Crippen molar-refractivity contribution < 1.29 is 9.21 Å². The topological polar surface area (TPSA) is 33.5 Å². The predicted octanol–water partition coefficient (Wildman–Crippen LogP) is 2.62. The summed E-state index contributed by atoms with van der Waals surface area (Å²) in [4.78, 5) is 12.6. The van der Waals surface area contributed by atoms with Gasteiger partial charge in [-0.15, -0.1) is 0 Å².